The molecule has 3 unspecified atom stereocenters. The highest BCUT2D eigenvalue weighted by molar-refractivity contribution is 7.47. The number of phosphoric ester groups is 2. The van der Waals surface area contributed by atoms with Gasteiger partial charge < -0.3 is 33.8 Å². The Morgan fingerprint density at radius 2 is 0.490 bits per heavy atom. The summed E-state index contributed by atoms with van der Waals surface area (Å²) in [5.74, 6) is -0.450. The van der Waals surface area contributed by atoms with Crippen molar-refractivity contribution in [3.63, 3.8) is 0 Å². The summed E-state index contributed by atoms with van der Waals surface area (Å²) in [6, 6.07) is 0. The lowest BCUT2D eigenvalue weighted by atomic mass is 9.99. The highest BCUT2D eigenvalue weighted by Crippen LogP contribution is 2.45. The third-order valence-corrected chi connectivity index (χ3v) is 22.2. The van der Waals surface area contributed by atoms with E-state index in [4.69, 9.17) is 37.0 Å². The van der Waals surface area contributed by atoms with Crippen LogP contribution in [0.4, 0.5) is 0 Å². The van der Waals surface area contributed by atoms with E-state index in [-0.39, 0.29) is 25.7 Å². The van der Waals surface area contributed by atoms with Crippen LogP contribution in [0.3, 0.4) is 0 Å². The van der Waals surface area contributed by atoms with Crippen molar-refractivity contribution in [3.05, 3.63) is 0 Å². The first kappa shape index (κ1) is 102. The molecule has 6 atom stereocenters. The molecule has 0 radical (unpaired) electrons. The zero-order chi connectivity index (χ0) is 76.4. The maximum Gasteiger partial charge on any atom is 0.472 e. The SMILES string of the molecule is CCCCCCCCCCCCCCCCCCCCCC(=O)OC[C@H](COP(=O)(O)OC[C@@H](O)COP(=O)(O)OC[C@@H](COC(=O)CCCCCCCCCC)OC(=O)CCCCCCCCCCCCCCCCC(C)CC)OC(=O)CCCCCCCCCCCCCCCCCCC(C)C. The summed E-state index contributed by atoms with van der Waals surface area (Å²) >= 11 is 0. The van der Waals surface area contributed by atoms with E-state index < -0.39 is 97.5 Å². The first-order valence-corrected chi connectivity index (χ1v) is 47.0. The van der Waals surface area contributed by atoms with Crippen LogP contribution in [-0.2, 0) is 65.4 Å². The number of phosphoric acid groups is 2. The fraction of sp³-hybridized carbons (Fsp3) is 0.953. The monoisotopic (exact) mass is 1520 g/mol. The molecule has 0 fully saturated rings. The normalized spacial score (nSPS) is 14.1. The Balaban J connectivity index is 5.19. The summed E-state index contributed by atoms with van der Waals surface area (Å²) in [5, 5.41) is 10.7. The van der Waals surface area contributed by atoms with E-state index in [1.165, 1.54) is 263 Å². The van der Waals surface area contributed by atoms with Gasteiger partial charge in [-0.1, -0.05) is 401 Å². The lowest BCUT2D eigenvalue weighted by Crippen LogP contribution is -2.30. The maximum absolute atomic E-state index is 13.1. The topological polar surface area (TPSA) is 237 Å². The van der Waals surface area contributed by atoms with Crippen molar-refractivity contribution in [2.24, 2.45) is 11.8 Å². The van der Waals surface area contributed by atoms with E-state index in [0.29, 0.717) is 25.7 Å². The Kier molecular flexibility index (Phi) is 75.0. The Labute approximate surface area is 638 Å². The second kappa shape index (κ2) is 76.4. The number of carbonyl (C=O) groups excluding carboxylic acids is 4. The van der Waals surface area contributed by atoms with E-state index in [9.17, 15) is 43.2 Å². The molecule has 104 heavy (non-hydrogen) atoms. The number of hydrogen-bond donors (Lipinski definition) is 3. The first-order chi connectivity index (χ1) is 50.4. The minimum absolute atomic E-state index is 0.108. The average molecular weight is 1520 g/mol. The molecule has 17 nitrogen and oxygen atoms in total. The van der Waals surface area contributed by atoms with Crippen LogP contribution < -0.4 is 0 Å². The fourth-order valence-corrected chi connectivity index (χ4v) is 14.8. The smallest absolute Gasteiger partial charge is 0.462 e. The lowest BCUT2D eigenvalue weighted by Gasteiger charge is -2.21. The van der Waals surface area contributed by atoms with Crippen LogP contribution >= 0.6 is 15.6 Å². The zero-order valence-electron chi connectivity index (χ0n) is 68.3. The number of carbonyl (C=O) groups is 4. The molecule has 0 aromatic carbocycles. The van der Waals surface area contributed by atoms with Gasteiger partial charge in [0.25, 0.3) is 0 Å². The van der Waals surface area contributed by atoms with Gasteiger partial charge >= 0.3 is 39.5 Å². The van der Waals surface area contributed by atoms with Crippen molar-refractivity contribution in [1.82, 2.24) is 0 Å². The molecule has 0 bridgehead atoms. The summed E-state index contributed by atoms with van der Waals surface area (Å²) in [7, 11) is -9.92. The van der Waals surface area contributed by atoms with Crippen LogP contribution in [0.1, 0.15) is 452 Å². The molecule has 0 rings (SSSR count). The molecule has 618 valence electrons. The Morgan fingerprint density at radius 1 is 0.279 bits per heavy atom. The lowest BCUT2D eigenvalue weighted by molar-refractivity contribution is -0.161. The van der Waals surface area contributed by atoms with Gasteiger partial charge in [0.1, 0.15) is 19.3 Å². The summed E-state index contributed by atoms with van der Waals surface area (Å²) in [6.45, 7) is 9.72. The predicted octanol–water partition coefficient (Wildman–Crippen LogP) is 25.8. The van der Waals surface area contributed by atoms with Gasteiger partial charge in [-0.25, -0.2) is 9.13 Å². The molecular weight excluding hydrogens is 1350 g/mol. The van der Waals surface area contributed by atoms with Gasteiger partial charge in [-0.15, -0.1) is 0 Å². The largest absolute Gasteiger partial charge is 0.472 e. The molecule has 0 aliphatic rings. The van der Waals surface area contributed by atoms with Gasteiger partial charge in [0, 0.05) is 25.7 Å². The van der Waals surface area contributed by atoms with Crippen molar-refractivity contribution in [1.29, 1.82) is 0 Å². The Morgan fingerprint density at radius 3 is 0.731 bits per heavy atom. The second-order valence-corrected chi connectivity index (χ2v) is 34.2. The maximum atomic E-state index is 13.1. The molecule has 0 aliphatic heterocycles. The van der Waals surface area contributed by atoms with Gasteiger partial charge in [-0.3, -0.25) is 37.3 Å². The molecular formula is C85H166O17P2. The Hall–Kier alpha value is -1.94. The number of aliphatic hydroxyl groups is 1. The molecule has 0 aromatic heterocycles. The van der Waals surface area contributed by atoms with Gasteiger partial charge in [0.15, 0.2) is 12.2 Å². The molecule has 0 aliphatic carbocycles. The van der Waals surface area contributed by atoms with E-state index in [0.717, 1.165) is 108 Å². The van der Waals surface area contributed by atoms with Crippen molar-refractivity contribution >= 4 is 39.5 Å². The quantitative estimate of drug-likeness (QED) is 0.0222. The van der Waals surface area contributed by atoms with Crippen molar-refractivity contribution < 1.29 is 80.2 Å². The number of esters is 4. The van der Waals surface area contributed by atoms with Gasteiger partial charge in [-0.2, -0.15) is 0 Å². The van der Waals surface area contributed by atoms with E-state index in [1.54, 1.807) is 0 Å². The van der Waals surface area contributed by atoms with Crippen LogP contribution in [-0.4, -0.2) is 96.7 Å². The first-order valence-electron chi connectivity index (χ1n) is 44.0. The highest BCUT2D eigenvalue weighted by atomic mass is 31.2. The standard InChI is InChI=1S/C85H166O17P2/c1-7-10-12-14-16-18-19-20-21-22-23-24-28-34-39-44-50-56-62-68-83(88)96-74-81(102-85(90)69-63-57-51-45-40-35-29-26-25-27-32-37-42-47-53-59-65-77(4)5)76-100-104(93,94)98-72-79(86)71-97-103(91,92)99-75-80(73-95-82(87)67-61-55-49-17-15-13-11-8-2)101-84(89)70-64-58-52-46-41-36-31-30-33-38-43-48-54-60-66-78(6)9-3/h77-81,86H,7-76H2,1-6H3,(H,91,92)(H,93,94)/t78?,79-,80+,81+/m0/s1. The van der Waals surface area contributed by atoms with Crippen molar-refractivity contribution in [3.8, 4) is 0 Å². The third kappa shape index (κ3) is 76.8. The predicted molar refractivity (Wildman–Crippen MR) is 428 cm³/mol. The van der Waals surface area contributed by atoms with E-state index in [2.05, 4.69) is 41.5 Å². The third-order valence-electron chi connectivity index (χ3n) is 20.3. The molecule has 0 saturated heterocycles. The second-order valence-electron chi connectivity index (χ2n) is 31.3. The average Bonchev–Trinajstić information content (AvgIpc) is 0.907. The van der Waals surface area contributed by atoms with Crippen molar-refractivity contribution in [2.45, 2.75) is 471 Å². The molecule has 0 amide bonds. The number of hydrogen-bond acceptors (Lipinski definition) is 15. The summed E-state index contributed by atoms with van der Waals surface area (Å²) in [5.41, 5.74) is 0. The van der Waals surface area contributed by atoms with E-state index >= 15 is 0 Å². The molecule has 19 heteroatoms. The minimum atomic E-state index is -4.96. The molecule has 0 heterocycles. The molecule has 0 aromatic rings. The van der Waals surface area contributed by atoms with Crippen molar-refractivity contribution in [2.75, 3.05) is 39.6 Å². The number of aliphatic hydroxyl groups excluding tert-OH is 1. The van der Waals surface area contributed by atoms with Crippen LogP contribution in [0, 0.1) is 11.8 Å². The van der Waals surface area contributed by atoms with Gasteiger partial charge in [-0.05, 0) is 37.5 Å². The number of rotatable bonds is 84. The Bertz CT molecular complexity index is 2000. The molecule has 0 spiro atoms. The van der Waals surface area contributed by atoms with Gasteiger partial charge in [0.2, 0.25) is 0 Å². The van der Waals surface area contributed by atoms with E-state index in [1.807, 2.05) is 0 Å². The zero-order valence-corrected chi connectivity index (χ0v) is 70.1. The molecule has 0 saturated carbocycles. The van der Waals surface area contributed by atoms with Crippen LogP contribution in [0.2, 0.25) is 0 Å². The summed E-state index contributed by atoms with van der Waals surface area (Å²) in [6.07, 6.45) is 68.1. The summed E-state index contributed by atoms with van der Waals surface area (Å²) < 4.78 is 68.8. The van der Waals surface area contributed by atoms with Gasteiger partial charge in [0.05, 0.1) is 26.4 Å². The molecule has 3 N–H and O–H groups in total. The minimum Gasteiger partial charge on any atom is -0.462 e. The van der Waals surface area contributed by atoms with Crippen LogP contribution in [0.25, 0.3) is 0 Å². The fourth-order valence-electron chi connectivity index (χ4n) is 13.2. The number of unbranched alkanes of at least 4 members (excludes halogenated alkanes) is 53. The summed E-state index contributed by atoms with van der Waals surface area (Å²) in [4.78, 5) is 73.1. The van der Waals surface area contributed by atoms with Crippen LogP contribution in [0.15, 0.2) is 0 Å². The highest BCUT2D eigenvalue weighted by Gasteiger charge is 2.30. The van der Waals surface area contributed by atoms with Crippen LogP contribution in [0.5, 0.6) is 0 Å². The number of ether oxygens (including phenoxy) is 4.